The molecule has 158 valence electrons. The van der Waals surface area contributed by atoms with Crippen molar-refractivity contribution in [3.8, 4) is 28.7 Å². The van der Waals surface area contributed by atoms with Crippen molar-refractivity contribution >= 4 is 12.3 Å². The van der Waals surface area contributed by atoms with Crippen LogP contribution in [-0.4, -0.2) is 46.5 Å². The first kappa shape index (κ1) is 19.9. The fourth-order valence-corrected chi connectivity index (χ4v) is 4.08. The van der Waals surface area contributed by atoms with Crippen LogP contribution in [0.4, 0.5) is 0 Å². The Bertz CT molecular complexity index is 994. The van der Waals surface area contributed by atoms with E-state index in [1.165, 1.54) is 14.2 Å². The average molecular weight is 414 g/mol. The summed E-state index contributed by atoms with van der Waals surface area (Å²) < 4.78 is 33.9. The minimum absolute atomic E-state index is 0.0245. The van der Waals surface area contributed by atoms with Gasteiger partial charge in [0, 0.05) is 17.5 Å². The standard InChI is InChI=1S/C22H22O8/c1-25-15-5-6-16(26-2)19-14(15)10-22(30-19)8-7-12-9-13(11-23)17(21(24)28-4)20(27-3)18(12)29-22/h5-6,9,11H,7-8,10H2,1-4H3/t22-/m1/s1. The third kappa shape index (κ3) is 2.91. The predicted octanol–water partition coefficient (Wildman–Crippen LogP) is 2.97. The molecule has 0 saturated carbocycles. The summed E-state index contributed by atoms with van der Waals surface area (Å²) in [6.07, 6.45) is 2.12. The number of carbonyl (C=O) groups is 2. The summed E-state index contributed by atoms with van der Waals surface area (Å²) >= 11 is 0. The third-order valence-corrected chi connectivity index (χ3v) is 5.48. The number of benzene rings is 2. The van der Waals surface area contributed by atoms with Crippen LogP contribution in [0, 0.1) is 0 Å². The van der Waals surface area contributed by atoms with Crippen molar-refractivity contribution in [2.75, 3.05) is 28.4 Å². The van der Waals surface area contributed by atoms with Gasteiger partial charge in [0.25, 0.3) is 5.79 Å². The van der Waals surface area contributed by atoms with Gasteiger partial charge in [-0.15, -0.1) is 0 Å². The summed E-state index contributed by atoms with van der Waals surface area (Å²) in [6.45, 7) is 0. The molecule has 2 heterocycles. The molecule has 2 aliphatic rings. The third-order valence-electron chi connectivity index (χ3n) is 5.48. The molecule has 0 aliphatic carbocycles. The second kappa shape index (κ2) is 7.44. The molecule has 0 bridgehead atoms. The molecule has 4 rings (SSSR count). The van der Waals surface area contributed by atoms with E-state index in [1.54, 1.807) is 26.4 Å². The number of esters is 1. The summed E-state index contributed by atoms with van der Waals surface area (Å²) in [5.74, 6) is 0.641. The Labute approximate surface area is 173 Å². The van der Waals surface area contributed by atoms with E-state index < -0.39 is 11.8 Å². The molecule has 0 fully saturated rings. The van der Waals surface area contributed by atoms with Gasteiger partial charge in [0.2, 0.25) is 0 Å². The Morgan fingerprint density at radius 2 is 1.73 bits per heavy atom. The van der Waals surface area contributed by atoms with Gasteiger partial charge in [-0.2, -0.15) is 0 Å². The van der Waals surface area contributed by atoms with Crippen LogP contribution in [0.5, 0.6) is 28.7 Å². The van der Waals surface area contributed by atoms with Crippen molar-refractivity contribution in [2.24, 2.45) is 0 Å². The van der Waals surface area contributed by atoms with Crippen LogP contribution < -0.4 is 23.7 Å². The van der Waals surface area contributed by atoms with E-state index in [1.807, 2.05) is 6.07 Å². The van der Waals surface area contributed by atoms with Crippen molar-refractivity contribution in [1.82, 2.24) is 0 Å². The maximum Gasteiger partial charge on any atom is 0.342 e. The molecule has 0 N–H and O–H groups in total. The molecule has 8 heteroatoms. The zero-order valence-electron chi connectivity index (χ0n) is 17.2. The van der Waals surface area contributed by atoms with E-state index in [0.29, 0.717) is 48.5 Å². The Hall–Kier alpha value is -3.42. The minimum Gasteiger partial charge on any atom is -0.496 e. The van der Waals surface area contributed by atoms with Gasteiger partial charge in [-0.25, -0.2) is 4.79 Å². The monoisotopic (exact) mass is 414 g/mol. The first-order valence-corrected chi connectivity index (χ1v) is 9.40. The van der Waals surface area contributed by atoms with Crippen molar-refractivity contribution in [3.05, 3.63) is 40.5 Å². The van der Waals surface area contributed by atoms with Gasteiger partial charge in [0.1, 0.15) is 11.3 Å². The first-order chi connectivity index (χ1) is 14.5. The zero-order valence-corrected chi connectivity index (χ0v) is 17.2. The largest absolute Gasteiger partial charge is 0.496 e. The van der Waals surface area contributed by atoms with Gasteiger partial charge in [-0.3, -0.25) is 4.79 Å². The minimum atomic E-state index is -1.01. The molecule has 2 aromatic rings. The zero-order chi connectivity index (χ0) is 21.5. The highest BCUT2D eigenvalue weighted by Gasteiger charge is 2.48. The molecule has 1 spiro atoms. The highest BCUT2D eigenvalue weighted by Crippen LogP contribution is 2.52. The smallest absolute Gasteiger partial charge is 0.342 e. The Balaban J connectivity index is 1.80. The van der Waals surface area contributed by atoms with Crippen LogP contribution in [0.2, 0.25) is 0 Å². The molecule has 0 radical (unpaired) electrons. The van der Waals surface area contributed by atoms with Crippen LogP contribution in [-0.2, 0) is 17.6 Å². The lowest BCUT2D eigenvalue weighted by atomic mass is 9.92. The fraction of sp³-hybridized carbons (Fsp3) is 0.364. The van der Waals surface area contributed by atoms with Crippen LogP contribution in [0.1, 0.15) is 38.3 Å². The molecule has 8 nitrogen and oxygen atoms in total. The van der Waals surface area contributed by atoms with Crippen LogP contribution in [0.15, 0.2) is 18.2 Å². The van der Waals surface area contributed by atoms with E-state index in [-0.39, 0.29) is 16.9 Å². The molecule has 1 atom stereocenters. The number of methoxy groups -OCH3 is 4. The molecule has 2 aromatic carbocycles. The van der Waals surface area contributed by atoms with E-state index in [9.17, 15) is 9.59 Å². The van der Waals surface area contributed by atoms with Crippen LogP contribution in [0.3, 0.4) is 0 Å². The van der Waals surface area contributed by atoms with Gasteiger partial charge >= 0.3 is 5.97 Å². The maximum absolute atomic E-state index is 12.3. The molecule has 0 amide bonds. The number of hydrogen-bond donors (Lipinski definition) is 0. The molecule has 0 aromatic heterocycles. The average Bonchev–Trinajstić information content (AvgIpc) is 3.15. The van der Waals surface area contributed by atoms with Gasteiger partial charge < -0.3 is 28.4 Å². The van der Waals surface area contributed by atoms with Crippen molar-refractivity contribution < 1.29 is 38.0 Å². The summed E-state index contributed by atoms with van der Waals surface area (Å²) in [6, 6.07) is 5.23. The van der Waals surface area contributed by atoms with E-state index in [2.05, 4.69) is 0 Å². The van der Waals surface area contributed by atoms with Gasteiger partial charge in [0.15, 0.2) is 29.3 Å². The maximum atomic E-state index is 12.3. The first-order valence-electron chi connectivity index (χ1n) is 9.40. The molecule has 0 unspecified atom stereocenters. The summed E-state index contributed by atoms with van der Waals surface area (Å²) in [4.78, 5) is 23.9. The lowest BCUT2D eigenvalue weighted by Gasteiger charge is -2.35. The number of aldehydes is 1. The summed E-state index contributed by atoms with van der Waals surface area (Å²) in [7, 11) is 5.82. The second-order valence-corrected chi connectivity index (χ2v) is 7.04. The summed E-state index contributed by atoms with van der Waals surface area (Å²) in [5.41, 5.74) is 1.81. The number of fused-ring (bicyclic) bond motifs is 2. The highest BCUT2D eigenvalue weighted by molar-refractivity contribution is 6.02. The van der Waals surface area contributed by atoms with Crippen LogP contribution in [0.25, 0.3) is 0 Å². The van der Waals surface area contributed by atoms with E-state index >= 15 is 0 Å². The molecular formula is C22H22O8. The molecular weight excluding hydrogens is 392 g/mol. The summed E-state index contributed by atoms with van der Waals surface area (Å²) in [5, 5.41) is 0. The lowest BCUT2D eigenvalue weighted by Crippen LogP contribution is -2.44. The van der Waals surface area contributed by atoms with Gasteiger partial charge in [-0.1, -0.05) is 0 Å². The number of aryl methyl sites for hydroxylation is 1. The molecule has 30 heavy (non-hydrogen) atoms. The second-order valence-electron chi connectivity index (χ2n) is 7.04. The quantitative estimate of drug-likeness (QED) is 0.545. The highest BCUT2D eigenvalue weighted by atomic mass is 16.7. The molecule has 2 aliphatic heterocycles. The topological polar surface area (TPSA) is 89.5 Å². The lowest BCUT2D eigenvalue weighted by molar-refractivity contribution is -0.112. The van der Waals surface area contributed by atoms with Gasteiger partial charge in [0.05, 0.1) is 34.9 Å². The predicted molar refractivity (Wildman–Crippen MR) is 105 cm³/mol. The van der Waals surface area contributed by atoms with E-state index in [4.69, 9.17) is 28.4 Å². The molecule has 0 saturated heterocycles. The Kier molecular flexibility index (Phi) is 4.93. The number of ether oxygens (including phenoxy) is 6. The number of rotatable bonds is 5. The van der Waals surface area contributed by atoms with E-state index in [0.717, 1.165) is 11.1 Å². The number of hydrogen-bond acceptors (Lipinski definition) is 8. The van der Waals surface area contributed by atoms with Crippen LogP contribution >= 0.6 is 0 Å². The van der Waals surface area contributed by atoms with Crippen molar-refractivity contribution in [1.29, 1.82) is 0 Å². The van der Waals surface area contributed by atoms with Crippen molar-refractivity contribution in [3.63, 3.8) is 0 Å². The Morgan fingerprint density at radius 1 is 1.03 bits per heavy atom. The van der Waals surface area contributed by atoms with Crippen molar-refractivity contribution in [2.45, 2.75) is 25.0 Å². The van der Waals surface area contributed by atoms with Gasteiger partial charge in [-0.05, 0) is 30.2 Å². The number of carbonyl (C=O) groups excluding carboxylic acids is 2. The normalized spacial score (nSPS) is 18.5. The SMILES string of the molecule is COC(=O)c1c(C=O)cc2c(c1OC)O[C@@]1(CC2)Cc2c(OC)ccc(OC)c2O1. The Morgan fingerprint density at radius 3 is 2.37 bits per heavy atom. The fourth-order valence-electron chi connectivity index (χ4n) is 4.08.